The Morgan fingerprint density at radius 2 is 2.00 bits per heavy atom. The molecule has 0 bridgehead atoms. The molecule has 0 spiro atoms. The normalized spacial score (nSPS) is 10.6. The van der Waals surface area contributed by atoms with Gasteiger partial charge in [-0.25, -0.2) is 4.68 Å². The Kier molecular flexibility index (Phi) is 7.89. The molecule has 0 aromatic carbocycles. The minimum Gasteiger partial charge on any atom is -0.382 e. The van der Waals surface area contributed by atoms with E-state index in [-0.39, 0.29) is 5.56 Å². The lowest BCUT2D eigenvalue weighted by Gasteiger charge is -2.07. The van der Waals surface area contributed by atoms with Crippen LogP contribution in [-0.4, -0.2) is 22.9 Å². The Bertz CT molecular complexity index is 403. The number of unbranched alkanes of at least 4 members (excludes halogenated alkanes) is 5. The molecule has 0 aliphatic rings. The van der Waals surface area contributed by atoms with Crippen molar-refractivity contribution in [2.24, 2.45) is 5.73 Å². The van der Waals surface area contributed by atoms with E-state index in [9.17, 15) is 4.79 Å². The van der Waals surface area contributed by atoms with Gasteiger partial charge in [0.1, 0.15) is 0 Å². The van der Waals surface area contributed by atoms with Gasteiger partial charge in [0.15, 0.2) is 0 Å². The van der Waals surface area contributed by atoms with Gasteiger partial charge in [-0.15, -0.1) is 0 Å². The maximum Gasteiger partial charge on any atom is 0.268 e. The molecule has 0 saturated heterocycles. The predicted octanol–water partition coefficient (Wildman–Crippen LogP) is 1.97. The van der Waals surface area contributed by atoms with E-state index in [0.717, 1.165) is 12.1 Å². The van der Waals surface area contributed by atoms with E-state index in [1.165, 1.54) is 36.8 Å². The topological polar surface area (TPSA) is 72.9 Å². The highest BCUT2D eigenvalue weighted by molar-refractivity contribution is 5.38. The summed E-state index contributed by atoms with van der Waals surface area (Å²) < 4.78 is 1.54. The van der Waals surface area contributed by atoms with Gasteiger partial charge < -0.3 is 11.1 Å². The van der Waals surface area contributed by atoms with Crippen LogP contribution in [0.15, 0.2) is 17.1 Å². The van der Waals surface area contributed by atoms with Gasteiger partial charge in [-0.3, -0.25) is 4.79 Å². The van der Waals surface area contributed by atoms with Crippen LogP contribution in [0.2, 0.25) is 0 Å². The highest BCUT2D eigenvalue weighted by atomic mass is 16.1. The average Bonchev–Trinajstić information content (AvgIpc) is 2.42. The van der Waals surface area contributed by atoms with Crippen LogP contribution in [0.4, 0.5) is 5.69 Å². The van der Waals surface area contributed by atoms with Crippen molar-refractivity contribution in [3.63, 3.8) is 0 Å². The summed E-state index contributed by atoms with van der Waals surface area (Å²) in [5.41, 5.74) is 6.09. The quantitative estimate of drug-likeness (QED) is 0.635. The minimum atomic E-state index is -0.0458. The van der Waals surface area contributed by atoms with Crippen LogP contribution in [0.1, 0.15) is 45.4 Å². The maximum atomic E-state index is 11.8. The molecule has 1 aromatic heterocycles. The summed E-state index contributed by atoms with van der Waals surface area (Å²) in [7, 11) is 0. The Morgan fingerprint density at radius 1 is 1.26 bits per heavy atom. The van der Waals surface area contributed by atoms with Gasteiger partial charge in [0.05, 0.1) is 11.9 Å². The molecule has 1 rings (SSSR count). The SMILES string of the molecule is CCCCCCCCn1ncc(NCCN)cc1=O. The Labute approximate surface area is 115 Å². The molecular weight excluding hydrogens is 240 g/mol. The lowest BCUT2D eigenvalue weighted by molar-refractivity contribution is 0.509. The third-order valence-electron chi connectivity index (χ3n) is 3.07. The monoisotopic (exact) mass is 266 g/mol. The first-order valence-corrected chi connectivity index (χ1v) is 7.29. The van der Waals surface area contributed by atoms with Crippen molar-refractivity contribution in [2.75, 3.05) is 18.4 Å². The molecule has 0 amide bonds. The highest BCUT2D eigenvalue weighted by Crippen LogP contribution is 2.05. The van der Waals surface area contributed by atoms with E-state index in [1.807, 2.05) is 0 Å². The van der Waals surface area contributed by atoms with Gasteiger partial charge in [-0.2, -0.15) is 5.10 Å². The van der Waals surface area contributed by atoms with Crippen LogP contribution >= 0.6 is 0 Å². The minimum absolute atomic E-state index is 0.0458. The van der Waals surface area contributed by atoms with Gasteiger partial charge in [0, 0.05) is 25.7 Å². The summed E-state index contributed by atoms with van der Waals surface area (Å²) in [4.78, 5) is 11.8. The number of rotatable bonds is 10. The summed E-state index contributed by atoms with van der Waals surface area (Å²) in [5.74, 6) is 0. The van der Waals surface area contributed by atoms with Crippen molar-refractivity contribution >= 4 is 5.69 Å². The van der Waals surface area contributed by atoms with Crippen LogP contribution in [0, 0.1) is 0 Å². The molecule has 0 aliphatic carbocycles. The van der Waals surface area contributed by atoms with Gasteiger partial charge in [0.25, 0.3) is 5.56 Å². The molecule has 0 radical (unpaired) electrons. The van der Waals surface area contributed by atoms with Crippen molar-refractivity contribution in [1.82, 2.24) is 9.78 Å². The molecule has 108 valence electrons. The lowest BCUT2D eigenvalue weighted by atomic mass is 10.1. The first-order valence-electron chi connectivity index (χ1n) is 7.29. The van der Waals surface area contributed by atoms with Crippen LogP contribution in [0.25, 0.3) is 0 Å². The summed E-state index contributed by atoms with van der Waals surface area (Å²) in [6.07, 6.45) is 8.99. The van der Waals surface area contributed by atoms with Gasteiger partial charge in [0.2, 0.25) is 0 Å². The molecule has 0 aliphatic heterocycles. The highest BCUT2D eigenvalue weighted by Gasteiger charge is 1.99. The van der Waals surface area contributed by atoms with Crippen molar-refractivity contribution < 1.29 is 0 Å². The van der Waals surface area contributed by atoms with E-state index in [4.69, 9.17) is 5.73 Å². The van der Waals surface area contributed by atoms with E-state index in [0.29, 0.717) is 19.6 Å². The molecule has 5 heteroatoms. The molecule has 0 atom stereocenters. The Morgan fingerprint density at radius 3 is 2.68 bits per heavy atom. The Hall–Kier alpha value is -1.36. The molecule has 5 nitrogen and oxygen atoms in total. The third-order valence-corrected chi connectivity index (χ3v) is 3.07. The zero-order valence-corrected chi connectivity index (χ0v) is 11.9. The summed E-state index contributed by atoms with van der Waals surface area (Å²) in [6, 6.07) is 1.58. The number of anilines is 1. The van der Waals surface area contributed by atoms with E-state index < -0.39 is 0 Å². The largest absolute Gasteiger partial charge is 0.382 e. The molecule has 1 aromatic rings. The molecule has 0 unspecified atom stereocenters. The van der Waals surface area contributed by atoms with Crippen molar-refractivity contribution in [2.45, 2.75) is 52.0 Å². The fraction of sp³-hybridized carbons (Fsp3) is 0.714. The van der Waals surface area contributed by atoms with Crippen LogP contribution in [0.3, 0.4) is 0 Å². The van der Waals surface area contributed by atoms with Gasteiger partial charge in [-0.05, 0) is 6.42 Å². The molecule has 19 heavy (non-hydrogen) atoms. The van der Waals surface area contributed by atoms with Crippen molar-refractivity contribution in [3.05, 3.63) is 22.6 Å². The predicted molar refractivity (Wildman–Crippen MR) is 79.4 cm³/mol. The molecule has 0 fully saturated rings. The van der Waals surface area contributed by atoms with E-state index in [1.54, 1.807) is 12.3 Å². The van der Waals surface area contributed by atoms with Crippen LogP contribution in [-0.2, 0) is 6.54 Å². The zero-order valence-electron chi connectivity index (χ0n) is 11.9. The fourth-order valence-corrected chi connectivity index (χ4v) is 1.96. The second kappa shape index (κ2) is 9.55. The average molecular weight is 266 g/mol. The summed E-state index contributed by atoms with van der Waals surface area (Å²) >= 11 is 0. The molecule has 3 N–H and O–H groups in total. The van der Waals surface area contributed by atoms with Crippen LogP contribution in [0.5, 0.6) is 0 Å². The van der Waals surface area contributed by atoms with E-state index in [2.05, 4.69) is 17.3 Å². The number of hydrogen-bond donors (Lipinski definition) is 2. The first-order chi connectivity index (χ1) is 9.27. The second-order valence-corrected chi connectivity index (χ2v) is 4.79. The number of hydrogen-bond acceptors (Lipinski definition) is 4. The maximum absolute atomic E-state index is 11.8. The fourth-order valence-electron chi connectivity index (χ4n) is 1.96. The number of nitrogens with zero attached hydrogens (tertiary/aromatic N) is 2. The Balaban J connectivity index is 2.32. The molecular formula is C14H26N4O. The second-order valence-electron chi connectivity index (χ2n) is 4.79. The van der Waals surface area contributed by atoms with Gasteiger partial charge >= 0.3 is 0 Å². The summed E-state index contributed by atoms with van der Waals surface area (Å²) in [5, 5.41) is 7.22. The zero-order chi connectivity index (χ0) is 13.9. The smallest absolute Gasteiger partial charge is 0.268 e. The van der Waals surface area contributed by atoms with E-state index >= 15 is 0 Å². The standard InChI is InChI=1S/C14H26N4O/c1-2-3-4-5-6-7-10-18-14(19)11-13(12-17-18)16-9-8-15/h11-12,16H,2-10,15H2,1H3. The first kappa shape index (κ1) is 15.7. The molecule has 1 heterocycles. The lowest BCUT2D eigenvalue weighted by Crippen LogP contribution is -2.23. The summed E-state index contributed by atoms with van der Waals surface area (Å²) in [6.45, 7) is 4.12. The van der Waals surface area contributed by atoms with Crippen molar-refractivity contribution in [3.8, 4) is 0 Å². The molecule has 0 saturated carbocycles. The third kappa shape index (κ3) is 6.38. The number of aryl methyl sites for hydroxylation is 1. The van der Waals surface area contributed by atoms with Gasteiger partial charge in [-0.1, -0.05) is 39.0 Å². The number of nitrogens with one attached hydrogen (secondary N) is 1. The van der Waals surface area contributed by atoms with Crippen LogP contribution < -0.4 is 16.6 Å². The number of aromatic nitrogens is 2. The number of nitrogens with two attached hydrogens (primary N) is 1. The van der Waals surface area contributed by atoms with Crippen molar-refractivity contribution in [1.29, 1.82) is 0 Å².